The van der Waals surface area contributed by atoms with Gasteiger partial charge in [0, 0.05) is 22.8 Å². The van der Waals surface area contributed by atoms with Gasteiger partial charge in [-0.2, -0.15) is 0 Å². The second kappa shape index (κ2) is 4.33. The molecule has 0 spiro atoms. The lowest BCUT2D eigenvalue weighted by atomic mass is 10.2. The van der Waals surface area contributed by atoms with Crippen molar-refractivity contribution in [2.75, 3.05) is 5.32 Å². The number of benzene rings is 2. The number of H-pyrrole nitrogens is 1. The largest absolute Gasteiger partial charge is 0.359 e. The maximum atomic E-state index is 10.3. The molecule has 0 aliphatic carbocycles. The number of hydrogen-bond donors (Lipinski definition) is 2. The summed E-state index contributed by atoms with van der Waals surface area (Å²) >= 11 is 0. The van der Waals surface area contributed by atoms with Crippen LogP contribution in [0.1, 0.15) is 0 Å². The molecule has 18 heavy (non-hydrogen) atoms. The first-order valence-electron chi connectivity index (χ1n) is 5.63. The number of fused-ring (bicyclic) bond motifs is 1. The van der Waals surface area contributed by atoms with Crippen molar-refractivity contribution >= 4 is 28.0 Å². The van der Waals surface area contributed by atoms with E-state index in [0.717, 1.165) is 22.3 Å². The average Bonchev–Trinajstić information content (AvgIpc) is 2.83. The second-order valence-corrected chi connectivity index (χ2v) is 4.01. The van der Waals surface area contributed by atoms with Crippen molar-refractivity contribution < 1.29 is 0 Å². The van der Waals surface area contributed by atoms with E-state index < -0.39 is 0 Å². The summed E-state index contributed by atoms with van der Waals surface area (Å²) in [5.74, 6) is 0. The summed E-state index contributed by atoms with van der Waals surface area (Å²) in [4.78, 5) is 13.5. The Bertz CT molecular complexity index is 686. The Labute approximate surface area is 104 Å². The zero-order chi connectivity index (χ0) is 12.4. The molecule has 3 rings (SSSR count). The van der Waals surface area contributed by atoms with Gasteiger partial charge >= 0.3 is 0 Å². The van der Waals surface area contributed by atoms with Crippen LogP contribution in [0.15, 0.2) is 59.9 Å². The van der Waals surface area contributed by atoms with Crippen LogP contribution in [0.4, 0.5) is 17.1 Å². The van der Waals surface area contributed by atoms with Crippen LogP contribution in [0, 0.1) is 4.91 Å². The summed E-state index contributed by atoms with van der Waals surface area (Å²) in [7, 11) is 0. The lowest BCUT2D eigenvalue weighted by Crippen LogP contribution is -1.87. The summed E-state index contributed by atoms with van der Waals surface area (Å²) in [6.45, 7) is 0. The van der Waals surface area contributed by atoms with E-state index in [1.54, 1.807) is 12.1 Å². The Morgan fingerprint density at radius 1 is 1.00 bits per heavy atom. The molecule has 2 aromatic carbocycles. The smallest absolute Gasteiger partial charge is 0.108 e. The molecule has 4 heteroatoms. The average molecular weight is 237 g/mol. The van der Waals surface area contributed by atoms with Gasteiger partial charge in [0.15, 0.2) is 0 Å². The maximum Gasteiger partial charge on any atom is 0.108 e. The standard InChI is InChI=1S/C14H11N3O/c18-17-11-7-5-10(6-8-11)16-14-9-15-13-4-2-1-3-12(13)14/h1-9,15-16H. The Morgan fingerprint density at radius 3 is 2.56 bits per heavy atom. The SMILES string of the molecule is O=Nc1ccc(Nc2c[nH]c3ccccc23)cc1. The molecule has 88 valence electrons. The van der Waals surface area contributed by atoms with E-state index in [1.807, 2.05) is 36.5 Å². The van der Waals surface area contributed by atoms with Crippen LogP contribution in [-0.2, 0) is 0 Å². The molecule has 0 radical (unpaired) electrons. The number of anilines is 2. The number of para-hydroxylation sites is 1. The van der Waals surface area contributed by atoms with Gasteiger partial charge in [0.2, 0.25) is 0 Å². The molecule has 0 bridgehead atoms. The zero-order valence-corrected chi connectivity index (χ0v) is 9.55. The van der Waals surface area contributed by atoms with E-state index in [-0.39, 0.29) is 0 Å². The molecule has 4 nitrogen and oxygen atoms in total. The third-order valence-electron chi connectivity index (χ3n) is 2.84. The molecule has 2 N–H and O–H groups in total. The van der Waals surface area contributed by atoms with Gasteiger partial charge in [0.05, 0.1) is 5.69 Å². The Hall–Kier alpha value is -2.62. The molecule has 0 aliphatic heterocycles. The summed E-state index contributed by atoms with van der Waals surface area (Å²) in [6, 6.07) is 15.1. The number of nitroso groups, excluding NO2 is 1. The van der Waals surface area contributed by atoms with Crippen LogP contribution >= 0.6 is 0 Å². The van der Waals surface area contributed by atoms with Gasteiger partial charge in [-0.1, -0.05) is 18.2 Å². The van der Waals surface area contributed by atoms with Crippen molar-refractivity contribution in [3.05, 3.63) is 59.6 Å². The fraction of sp³-hybridized carbons (Fsp3) is 0. The molecule has 1 aromatic heterocycles. The summed E-state index contributed by atoms with van der Waals surface area (Å²) in [5, 5.41) is 7.31. The first-order valence-corrected chi connectivity index (χ1v) is 5.63. The van der Waals surface area contributed by atoms with Crippen molar-refractivity contribution in [2.24, 2.45) is 5.18 Å². The molecule has 0 atom stereocenters. The van der Waals surface area contributed by atoms with Crippen LogP contribution in [0.25, 0.3) is 10.9 Å². The summed E-state index contributed by atoms with van der Waals surface area (Å²) in [6.07, 6.45) is 1.93. The molecule has 0 saturated carbocycles. The Balaban J connectivity index is 1.93. The lowest BCUT2D eigenvalue weighted by molar-refractivity contribution is 1.46. The monoisotopic (exact) mass is 237 g/mol. The van der Waals surface area contributed by atoms with Crippen molar-refractivity contribution in [2.45, 2.75) is 0 Å². The minimum atomic E-state index is 0.430. The highest BCUT2D eigenvalue weighted by Gasteiger charge is 2.02. The van der Waals surface area contributed by atoms with Crippen molar-refractivity contribution in [3.63, 3.8) is 0 Å². The minimum absolute atomic E-state index is 0.430. The maximum absolute atomic E-state index is 10.3. The third kappa shape index (κ3) is 1.84. The first kappa shape index (κ1) is 10.5. The highest BCUT2D eigenvalue weighted by atomic mass is 16.3. The normalized spacial score (nSPS) is 10.4. The predicted molar refractivity (Wildman–Crippen MR) is 73.5 cm³/mol. The van der Waals surface area contributed by atoms with Gasteiger partial charge in [0.25, 0.3) is 0 Å². The van der Waals surface area contributed by atoms with Crippen LogP contribution in [-0.4, -0.2) is 4.98 Å². The fourth-order valence-electron chi connectivity index (χ4n) is 1.94. The van der Waals surface area contributed by atoms with Crippen LogP contribution < -0.4 is 5.32 Å². The quantitative estimate of drug-likeness (QED) is 0.667. The summed E-state index contributed by atoms with van der Waals surface area (Å²) in [5.41, 5.74) is 3.45. The van der Waals surface area contributed by atoms with Gasteiger partial charge in [-0.3, -0.25) is 0 Å². The fourth-order valence-corrected chi connectivity index (χ4v) is 1.94. The molecular formula is C14H11N3O. The Morgan fingerprint density at radius 2 is 1.78 bits per heavy atom. The van der Waals surface area contributed by atoms with E-state index in [4.69, 9.17) is 0 Å². The van der Waals surface area contributed by atoms with E-state index in [0.29, 0.717) is 5.69 Å². The topological polar surface area (TPSA) is 57.2 Å². The first-order chi connectivity index (χ1) is 8.86. The third-order valence-corrected chi connectivity index (χ3v) is 2.84. The predicted octanol–water partition coefficient (Wildman–Crippen LogP) is 4.31. The van der Waals surface area contributed by atoms with Crippen LogP contribution in [0.2, 0.25) is 0 Å². The van der Waals surface area contributed by atoms with Gasteiger partial charge in [-0.25, -0.2) is 0 Å². The van der Waals surface area contributed by atoms with E-state index in [1.165, 1.54) is 0 Å². The van der Waals surface area contributed by atoms with E-state index >= 15 is 0 Å². The molecule has 0 saturated heterocycles. The van der Waals surface area contributed by atoms with Crippen molar-refractivity contribution in [3.8, 4) is 0 Å². The lowest BCUT2D eigenvalue weighted by Gasteiger charge is -2.04. The molecule has 0 unspecified atom stereocenters. The number of nitrogens with one attached hydrogen (secondary N) is 2. The number of rotatable bonds is 3. The molecule has 0 aliphatic rings. The van der Waals surface area contributed by atoms with Crippen molar-refractivity contribution in [1.82, 2.24) is 4.98 Å². The van der Waals surface area contributed by atoms with E-state index in [9.17, 15) is 4.91 Å². The number of hydrogen-bond acceptors (Lipinski definition) is 3. The summed E-state index contributed by atoms with van der Waals surface area (Å²) < 4.78 is 0. The van der Waals surface area contributed by atoms with Crippen LogP contribution in [0.5, 0.6) is 0 Å². The second-order valence-electron chi connectivity index (χ2n) is 4.01. The van der Waals surface area contributed by atoms with Gasteiger partial charge in [-0.15, -0.1) is 4.91 Å². The van der Waals surface area contributed by atoms with Crippen molar-refractivity contribution in [1.29, 1.82) is 0 Å². The van der Waals surface area contributed by atoms with Gasteiger partial charge in [0.1, 0.15) is 5.69 Å². The van der Waals surface area contributed by atoms with Gasteiger partial charge < -0.3 is 10.3 Å². The Kier molecular flexibility index (Phi) is 2.53. The van der Waals surface area contributed by atoms with Crippen LogP contribution in [0.3, 0.4) is 0 Å². The molecule has 3 aromatic rings. The number of nitrogens with zero attached hydrogens (tertiary/aromatic N) is 1. The molecule has 0 amide bonds. The molecule has 1 heterocycles. The number of aromatic nitrogens is 1. The number of aromatic amines is 1. The highest BCUT2D eigenvalue weighted by molar-refractivity contribution is 5.94. The molecular weight excluding hydrogens is 226 g/mol. The minimum Gasteiger partial charge on any atom is -0.359 e. The zero-order valence-electron chi connectivity index (χ0n) is 9.55. The molecule has 0 fully saturated rings. The highest BCUT2D eigenvalue weighted by Crippen LogP contribution is 2.26. The van der Waals surface area contributed by atoms with E-state index in [2.05, 4.69) is 21.5 Å². The van der Waals surface area contributed by atoms with Gasteiger partial charge in [-0.05, 0) is 35.5 Å².